The normalized spacial score (nSPS) is 10.8. The van der Waals surface area contributed by atoms with Crippen LogP contribution in [0.3, 0.4) is 0 Å². The van der Waals surface area contributed by atoms with Crippen LogP contribution >= 0.6 is 0 Å². The van der Waals surface area contributed by atoms with Gasteiger partial charge >= 0.3 is 0 Å². The van der Waals surface area contributed by atoms with Crippen LogP contribution in [0.15, 0.2) is 96.1 Å². The Balaban J connectivity index is 1.38. The molecule has 184 valence electrons. The van der Waals surface area contributed by atoms with Gasteiger partial charge in [-0.3, -0.25) is 19.3 Å². The van der Waals surface area contributed by atoms with Gasteiger partial charge in [0.2, 0.25) is 0 Å². The number of nitrogens with zero attached hydrogens (tertiary/aromatic N) is 2. The minimum atomic E-state index is -0.709. The molecule has 7 nitrogen and oxygen atoms in total. The summed E-state index contributed by atoms with van der Waals surface area (Å²) >= 11 is 0. The molecule has 5 rings (SSSR count). The number of ether oxygens (including phenoxy) is 1. The Labute approximate surface area is 210 Å². The number of H-pyrrole nitrogens is 1. The zero-order valence-electron chi connectivity index (χ0n) is 19.5. The number of aromatic amines is 1. The Morgan fingerprint density at radius 2 is 1.76 bits per heavy atom. The number of hydrogen-bond acceptors (Lipinski definition) is 4. The van der Waals surface area contributed by atoms with E-state index in [1.807, 2.05) is 12.1 Å². The summed E-state index contributed by atoms with van der Waals surface area (Å²) < 4.78 is 35.4. The summed E-state index contributed by atoms with van der Waals surface area (Å²) in [5.41, 5.74) is 1.91. The summed E-state index contributed by atoms with van der Waals surface area (Å²) in [6.45, 7) is 1.70. The molecule has 0 spiro atoms. The van der Waals surface area contributed by atoms with Crippen molar-refractivity contribution < 1.29 is 18.3 Å². The highest BCUT2D eigenvalue weighted by molar-refractivity contribution is 6.04. The first-order valence-corrected chi connectivity index (χ1v) is 11.3. The molecule has 0 unspecified atom stereocenters. The Morgan fingerprint density at radius 1 is 0.973 bits per heavy atom. The molecule has 0 aliphatic rings. The van der Waals surface area contributed by atoms with Crippen molar-refractivity contribution in [3.05, 3.63) is 125 Å². The van der Waals surface area contributed by atoms with E-state index in [0.29, 0.717) is 17.1 Å². The Morgan fingerprint density at radius 3 is 2.49 bits per heavy atom. The second-order valence-corrected chi connectivity index (χ2v) is 8.19. The molecule has 0 saturated heterocycles. The molecule has 37 heavy (non-hydrogen) atoms. The van der Waals surface area contributed by atoms with E-state index in [1.54, 1.807) is 37.5 Å². The smallest absolute Gasteiger partial charge is 0.268 e. The molecule has 0 fully saturated rings. The van der Waals surface area contributed by atoms with Crippen molar-refractivity contribution >= 4 is 11.6 Å². The second kappa shape index (κ2) is 9.90. The summed E-state index contributed by atoms with van der Waals surface area (Å²) in [5, 5.41) is 9.22. The molecule has 0 atom stereocenters. The van der Waals surface area contributed by atoms with Crippen LogP contribution in [0.25, 0.3) is 16.8 Å². The molecule has 3 aromatic carbocycles. The highest BCUT2D eigenvalue weighted by Crippen LogP contribution is 2.34. The number of anilines is 1. The molecular formula is C28H20F2N4O3. The maximum Gasteiger partial charge on any atom is 0.268 e. The topological polar surface area (TPSA) is 89.0 Å². The third-order valence-electron chi connectivity index (χ3n) is 5.71. The number of carbonyl (C=O) groups excluding carboxylic acids is 1. The number of para-hydroxylation sites is 1. The lowest BCUT2D eigenvalue weighted by Crippen LogP contribution is -2.29. The van der Waals surface area contributed by atoms with Crippen molar-refractivity contribution in [3.63, 3.8) is 0 Å². The molecule has 2 heterocycles. The number of rotatable bonds is 6. The fraction of sp³-hybridized carbons (Fsp3) is 0.0357. The lowest BCUT2D eigenvalue weighted by Gasteiger charge is -2.13. The van der Waals surface area contributed by atoms with Crippen molar-refractivity contribution in [2.45, 2.75) is 6.92 Å². The van der Waals surface area contributed by atoms with Gasteiger partial charge in [-0.25, -0.2) is 8.78 Å². The van der Waals surface area contributed by atoms with Crippen molar-refractivity contribution in [2.24, 2.45) is 0 Å². The number of aromatic nitrogens is 3. The second-order valence-electron chi connectivity index (χ2n) is 8.19. The molecule has 1 amide bonds. The highest BCUT2D eigenvalue weighted by Gasteiger charge is 2.17. The summed E-state index contributed by atoms with van der Waals surface area (Å²) in [7, 11) is 0. The summed E-state index contributed by atoms with van der Waals surface area (Å²) in [6.07, 6.45) is 3.33. The van der Waals surface area contributed by atoms with Crippen LogP contribution < -0.4 is 15.6 Å². The van der Waals surface area contributed by atoms with E-state index in [1.165, 1.54) is 47.0 Å². The van der Waals surface area contributed by atoms with E-state index >= 15 is 0 Å². The average Bonchev–Trinajstić information content (AvgIpc) is 3.42. The van der Waals surface area contributed by atoms with E-state index in [9.17, 15) is 18.4 Å². The van der Waals surface area contributed by atoms with E-state index in [4.69, 9.17) is 4.74 Å². The van der Waals surface area contributed by atoms with Crippen LogP contribution in [-0.4, -0.2) is 20.7 Å². The molecule has 0 aliphatic heterocycles. The third-order valence-corrected chi connectivity index (χ3v) is 5.71. The van der Waals surface area contributed by atoms with E-state index in [-0.39, 0.29) is 17.0 Å². The lowest BCUT2D eigenvalue weighted by molar-refractivity contribution is 0.102. The number of benzene rings is 3. The first-order chi connectivity index (χ1) is 17.9. The fourth-order valence-electron chi connectivity index (χ4n) is 3.88. The van der Waals surface area contributed by atoms with Gasteiger partial charge in [0.15, 0.2) is 11.6 Å². The summed E-state index contributed by atoms with van der Waals surface area (Å²) in [4.78, 5) is 26.0. The minimum Gasteiger partial charge on any atom is -0.454 e. The maximum absolute atomic E-state index is 14.9. The van der Waals surface area contributed by atoms with Gasteiger partial charge in [0.1, 0.15) is 17.1 Å². The van der Waals surface area contributed by atoms with Crippen molar-refractivity contribution in [2.75, 3.05) is 5.32 Å². The number of pyridine rings is 1. The predicted molar refractivity (Wildman–Crippen MR) is 135 cm³/mol. The molecule has 0 aliphatic carbocycles. The molecule has 9 heteroatoms. The molecule has 0 radical (unpaired) electrons. The van der Waals surface area contributed by atoms with Crippen LogP contribution in [0.5, 0.6) is 11.5 Å². The number of carbonyl (C=O) groups is 1. The molecule has 0 saturated carbocycles. The Hall–Kier alpha value is -5.05. The van der Waals surface area contributed by atoms with Gasteiger partial charge in [-0.05, 0) is 61.5 Å². The summed E-state index contributed by atoms with van der Waals surface area (Å²) in [6, 6.07) is 19.5. The van der Waals surface area contributed by atoms with E-state index in [0.717, 1.165) is 17.2 Å². The largest absolute Gasteiger partial charge is 0.454 e. The van der Waals surface area contributed by atoms with Gasteiger partial charge in [-0.2, -0.15) is 5.10 Å². The standard InChI is InChI=1S/C28H20F2N4O3/c1-17-6-12-23(28(36)34(17)21-10-7-19(29)8-11-21)27(35)33-20-9-13-26(24(30)14-20)37-25-5-3-2-4-22(25)18-15-31-32-16-18/h2-16H,1H3,(H,31,32)(H,33,35). The van der Waals surface area contributed by atoms with Gasteiger partial charge in [0.25, 0.3) is 11.5 Å². The third kappa shape index (κ3) is 4.87. The Bertz CT molecular complexity index is 1650. The van der Waals surface area contributed by atoms with Gasteiger partial charge < -0.3 is 10.1 Å². The van der Waals surface area contributed by atoms with Crippen LogP contribution in [0, 0.1) is 18.6 Å². The first kappa shape index (κ1) is 23.7. The number of nitrogens with one attached hydrogen (secondary N) is 2. The quantitative estimate of drug-likeness (QED) is 0.307. The average molecular weight is 498 g/mol. The van der Waals surface area contributed by atoms with Gasteiger partial charge in [-0.1, -0.05) is 18.2 Å². The lowest BCUT2D eigenvalue weighted by atomic mass is 10.1. The predicted octanol–water partition coefficient (Wildman–Crippen LogP) is 5.86. The van der Waals surface area contributed by atoms with Crippen LogP contribution in [0.1, 0.15) is 16.1 Å². The molecular weight excluding hydrogens is 478 g/mol. The van der Waals surface area contributed by atoms with E-state index < -0.39 is 23.1 Å². The van der Waals surface area contributed by atoms with Crippen LogP contribution in [0.2, 0.25) is 0 Å². The Kier molecular flexibility index (Phi) is 6.34. The molecule has 2 N–H and O–H groups in total. The fourth-order valence-corrected chi connectivity index (χ4v) is 3.88. The van der Waals surface area contributed by atoms with Gasteiger partial charge in [-0.15, -0.1) is 0 Å². The maximum atomic E-state index is 14.9. The minimum absolute atomic E-state index is 0.0389. The number of aryl methyl sites for hydroxylation is 1. The zero-order valence-corrected chi connectivity index (χ0v) is 19.5. The van der Waals surface area contributed by atoms with Crippen molar-refractivity contribution in [1.29, 1.82) is 0 Å². The zero-order chi connectivity index (χ0) is 25.9. The monoisotopic (exact) mass is 498 g/mol. The SMILES string of the molecule is Cc1ccc(C(=O)Nc2ccc(Oc3ccccc3-c3cn[nH]c3)c(F)c2)c(=O)n1-c1ccc(F)cc1. The van der Waals surface area contributed by atoms with Crippen LogP contribution in [0.4, 0.5) is 14.5 Å². The van der Waals surface area contributed by atoms with E-state index in [2.05, 4.69) is 15.5 Å². The van der Waals surface area contributed by atoms with Gasteiger partial charge in [0.05, 0.1) is 6.20 Å². The van der Waals surface area contributed by atoms with Crippen molar-refractivity contribution in [3.8, 4) is 28.3 Å². The highest BCUT2D eigenvalue weighted by atomic mass is 19.1. The van der Waals surface area contributed by atoms with Crippen LogP contribution in [-0.2, 0) is 0 Å². The molecule has 5 aromatic rings. The number of halogens is 2. The van der Waals surface area contributed by atoms with Gasteiger partial charge in [0, 0.05) is 40.5 Å². The number of hydrogen-bond donors (Lipinski definition) is 2. The summed E-state index contributed by atoms with van der Waals surface area (Å²) in [5.74, 6) is -1.46. The van der Waals surface area contributed by atoms with Crippen molar-refractivity contribution in [1.82, 2.24) is 14.8 Å². The molecule has 0 bridgehead atoms. The first-order valence-electron chi connectivity index (χ1n) is 11.3. The number of amides is 1. The molecule has 2 aromatic heterocycles.